The van der Waals surface area contributed by atoms with Crippen molar-refractivity contribution in [1.82, 2.24) is 20.4 Å². The minimum Gasteiger partial charge on any atom is -0.444 e. The van der Waals surface area contributed by atoms with E-state index in [1.54, 1.807) is 19.0 Å². The van der Waals surface area contributed by atoms with Gasteiger partial charge < -0.3 is 25.2 Å². The fraction of sp³-hybridized carbons (Fsp3) is 0.870. The van der Waals surface area contributed by atoms with Gasteiger partial charge in [0.2, 0.25) is 5.91 Å². The second kappa shape index (κ2) is 10.1. The van der Waals surface area contributed by atoms with Gasteiger partial charge in [-0.3, -0.25) is 4.79 Å². The van der Waals surface area contributed by atoms with Gasteiger partial charge in [-0.15, -0.1) is 0 Å². The fourth-order valence-electron chi connectivity index (χ4n) is 5.03. The number of hydrogen-bond acceptors (Lipinski definition) is 4. The number of guanidine groups is 1. The molecular weight excluding hydrogens is 394 g/mol. The van der Waals surface area contributed by atoms with Crippen LogP contribution in [0.4, 0.5) is 4.79 Å². The summed E-state index contributed by atoms with van der Waals surface area (Å²) in [4.78, 5) is 33.0. The number of fused-ring (bicyclic) bond motifs is 1. The Bertz CT molecular complexity index is 667. The average molecular weight is 436 g/mol. The van der Waals surface area contributed by atoms with E-state index in [0.717, 1.165) is 44.7 Å². The number of likely N-dealkylation sites (tertiary alicyclic amines) is 1. The molecule has 0 aromatic heterocycles. The van der Waals surface area contributed by atoms with Crippen molar-refractivity contribution in [2.24, 2.45) is 16.8 Å². The van der Waals surface area contributed by atoms with Crippen LogP contribution in [0.2, 0.25) is 0 Å². The Morgan fingerprint density at radius 1 is 1.03 bits per heavy atom. The molecular formula is C23H41N5O3. The van der Waals surface area contributed by atoms with Crippen LogP contribution in [0.25, 0.3) is 0 Å². The lowest BCUT2D eigenvalue weighted by Gasteiger charge is -2.30. The topological polar surface area (TPSA) is 86.3 Å². The lowest BCUT2D eigenvalue weighted by atomic mass is 9.96. The van der Waals surface area contributed by atoms with Crippen LogP contribution < -0.4 is 10.6 Å². The maximum absolute atomic E-state index is 12.3. The molecule has 8 heteroatoms. The van der Waals surface area contributed by atoms with Gasteiger partial charge in [-0.25, -0.2) is 9.79 Å². The number of rotatable bonds is 4. The molecule has 3 unspecified atom stereocenters. The summed E-state index contributed by atoms with van der Waals surface area (Å²) < 4.78 is 5.47. The van der Waals surface area contributed by atoms with Crippen LogP contribution in [0, 0.1) is 11.8 Å². The van der Waals surface area contributed by atoms with Gasteiger partial charge in [-0.1, -0.05) is 19.3 Å². The van der Waals surface area contributed by atoms with Gasteiger partial charge in [0.15, 0.2) is 5.96 Å². The van der Waals surface area contributed by atoms with E-state index in [2.05, 4.69) is 15.5 Å². The summed E-state index contributed by atoms with van der Waals surface area (Å²) in [5.74, 6) is 1.78. The minimum absolute atomic E-state index is 0.00630. The Balaban J connectivity index is 1.64. The van der Waals surface area contributed by atoms with Crippen LogP contribution in [0.3, 0.4) is 0 Å². The summed E-state index contributed by atoms with van der Waals surface area (Å²) >= 11 is 0. The molecule has 1 heterocycles. The molecule has 3 aliphatic rings. The number of aliphatic imine (C=N–C) groups is 1. The molecule has 176 valence electrons. The predicted octanol–water partition coefficient (Wildman–Crippen LogP) is 2.59. The first-order valence-electron chi connectivity index (χ1n) is 11.9. The highest BCUT2D eigenvalue weighted by Gasteiger charge is 2.44. The van der Waals surface area contributed by atoms with Crippen molar-refractivity contribution in [3.63, 3.8) is 0 Å². The van der Waals surface area contributed by atoms with Crippen LogP contribution >= 0.6 is 0 Å². The Kier molecular flexibility index (Phi) is 7.70. The number of nitrogens with zero attached hydrogens (tertiary/aromatic N) is 3. The van der Waals surface area contributed by atoms with E-state index in [1.807, 2.05) is 20.8 Å². The number of likely N-dealkylation sites (N-methyl/N-ethyl adjacent to an activating group) is 1. The number of carbonyl (C=O) groups excluding carboxylic acids is 2. The first-order valence-corrected chi connectivity index (χ1v) is 11.9. The van der Waals surface area contributed by atoms with E-state index in [-0.39, 0.29) is 24.6 Å². The van der Waals surface area contributed by atoms with Crippen LogP contribution in [0.15, 0.2) is 4.99 Å². The highest BCUT2D eigenvalue weighted by molar-refractivity contribution is 5.85. The van der Waals surface area contributed by atoms with Gasteiger partial charge >= 0.3 is 6.09 Å². The first kappa shape index (κ1) is 23.7. The lowest BCUT2D eigenvalue weighted by molar-refractivity contribution is -0.127. The van der Waals surface area contributed by atoms with Crippen molar-refractivity contribution >= 4 is 18.0 Å². The minimum atomic E-state index is -0.494. The maximum Gasteiger partial charge on any atom is 0.407 e. The van der Waals surface area contributed by atoms with Crippen molar-refractivity contribution in [2.45, 2.75) is 83.4 Å². The van der Waals surface area contributed by atoms with Gasteiger partial charge in [0.1, 0.15) is 12.1 Å². The molecule has 1 saturated heterocycles. The number of amides is 2. The summed E-state index contributed by atoms with van der Waals surface area (Å²) in [5, 5.41) is 6.77. The molecule has 2 N–H and O–H groups in total. The molecule has 0 aromatic rings. The number of nitrogens with one attached hydrogen (secondary N) is 2. The molecule has 1 aliphatic heterocycles. The van der Waals surface area contributed by atoms with Crippen LogP contribution in [0.5, 0.6) is 0 Å². The van der Waals surface area contributed by atoms with Crippen molar-refractivity contribution in [3.8, 4) is 0 Å². The standard InChI is InChI=1S/C23H41N5O3/c1-23(2,3)31-22(30)26-19-12-11-16-14-28(15-18(16)19)21(24-13-20(29)27(4)5)25-17-9-7-6-8-10-17/h16-19H,6-15H2,1-5H3,(H,24,25)(H,26,30). The second-order valence-electron chi connectivity index (χ2n) is 10.6. The molecule has 3 rings (SSSR count). The molecule has 0 spiro atoms. The van der Waals surface area contributed by atoms with Crippen molar-refractivity contribution in [2.75, 3.05) is 33.7 Å². The number of alkyl carbamates (subject to hydrolysis) is 1. The maximum atomic E-state index is 12.3. The Labute approximate surface area is 187 Å². The first-order chi connectivity index (χ1) is 14.6. The molecule has 2 saturated carbocycles. The molecule has 2 aliphatic carbocycles. The van der Waals surface area contributed by atoms with Gasteiger partial charge in [0.25, 0.3) is 0 Å². The summed E-state index contributed by atoms with van der Waals surface area (Å²) in [6.07, 6.45) is 7.86. The highest BCUT2D eigenvalue weighted by Crippen LogP contribution is 2.38. The number of carbonyl (C=O) groups is 2. The average Bonchev–Trinajstić information content (AvgIpc) is 3.26. The fourth-order valence-corrected chi connectivity index (χ4v) is 5.03. The third-order valence-corrected chi connectivity index (χ3v) is 6.66. The Morgan fingerprint density at radius 2 is 1.74 bits per heavy atom. The number of ether oxygens (including phenoxy) is 1. The van der Waals surface area contributed by atoms with E-state index < -0.39 is 5.60 Å². The van der Waals surface area contributed by atoms with Gasteiger partial charge in [-0.05, 0) is 52.4 Å². The molecule has 0 aromatic carbocycles. The zero-order valence-corrected chi connectivity index (χ0v) is 19.9. The van der Waals surface area contributed by atoms with E-state index in [1.165, 1.54) is 19.3 Å². The predicted molar refractivity (Wildman–Crippen MR) is 122 cm³/mol. The molecule has 0 radical (unpaired) electrons. The molecule has 3 atom stereocenters. The SMILES string of the molecule is CN(C)C(=O)CN=C(NC1CCCCC1)N1CC2CCC(NC(=O)OC(C)(C)C)C2C1. The molecule has 31 heavy (non-hydrogen) atoms. The quantitative estimate of drug-likeness (QED) is 0.524. The van der Waals surface area contributed by atoms with E-state index in [4.69, 9.17) is 9.73 Å². The Morgan fingerprint density at radius 3 is 2.39 bits per heavy atom. The van der Waals surface area contributed by atoms with E-state index >= 15 is 0 Å². The lowest BCUT2D eigenvalue weighted by Crippen LogP contribution is -2.48. The van der Waals surface area contributed by atoms with E-state index in [9.17, 15) is 9.59 Å². The van der Waals surface area contributed by atoms with Gasteiger partial charge in [-0.2, -0.15) is 0 Å². The molecule has 8 nitrogen and oxygen atoms in total. The molecule has 3 fully saturated rings. The van der Waals surface area contributed by atoms with Crippen LogP contribution in [-0.4, -0.2) is 79.2 Å². The molecule has 0 bridgehead atoms. The zero-order chi connectivity index (χ0) is 22.6. The smallest absolute Gasteiger partial charge is 0.407 e. The van der Waals surface area contributed by atoms with Gasteiger partial charge in [0, 0.05) is 45.2 Å². The summed E-state index contributed by atoms with van der Waals surface area (Å²) in [7, 11) is 3.53. The summed E-state index contributed by atoms with van der Waals surface area (Å²) in [5.41, 5.74) is -0.494. The van der Waals surface area contributed by atoms with Crippen molar-refractivity contribution in [1.29, 1.82) is 0 Å². The normalized spacial score (nSPS) is 27.1. The van der Waals surface area contributed by atoms with Gasteiger partial charge in [0.05, 0.1) is 0 Å². The summed E-state index contributed by atoms with van der Waals surface area (Å²) in [6, 6.07) is 0.558. The van der Waals surface area contributed by atoms with Crippen LogP contribution in [0.1, 0.15) is 65.7 Å². The zero-order valence-electron chi connectivity index (χ0n) is 19.9. The molecule has 2 amide bonds. The number of hydrogen-bond donors (Lipinski definition) is 2. The Hall–Kier alpha value is -1.99. The van der Waals surface area contributed by atoms with Crippen molar-refractivity contribution in [3.05, 3.63) is 0 Å². The summed E-state index contributed by atoms with van der Waals surface area (Å²) in [6.45, 7) is 7.58. The monoisotopic (exact) mass is 435 g/mol. The van der Waals surface area contributed by atoms with E-state index in [0.29, 0.717) is 17.9 Å². The third kappa shape index (κ3) is 6.74. The third-order valence-electron chi connectivity index (χ3n) is 6.66. The highest BCUT2D eigenvalue weighted by atomic mass is 16.6. The van der Waals surface area contributed by atoms with Crippen molar-refractivity contribution < 1.29 is 14.3 Å². The second-order valence-corrected chi connectivity index (χ2v) is 10.6. The van der Waals surface area contributed by atoms with Crippen LogP contribution in [-0.2, 0) is 9.53 Å². The largest absolute Gasteiger partial charge is 0.444 e.